The Bertz CT molecular complexity index is 1010. The van der Waals surface area contributed by atoms with Crippen LogP contribution in [0, 0.1) is 0 Å². The second kappa shape index (κ2) is 8.03. The molecule has 10 heteroatoms. The van der Waals surface area contributed by atoms with Crippen LogP contribution in [0.25, 0.3) is 11.1 Å². The van der Waals surface area contributed by atoms with Crippen LogP contribution < -0.4 is 10.6 Å². The molecule has 0 saturated heterocycles. The molecule has 0 aliphatic rings. The maximum Gasteiger partial charge on any atom is 0.426 e. The largest absolute Gasteiger partial charge is 0.426 e. The third-order valence-corrected chi connectivity index (χ3v) is 5.04. The molecule has 0 unspecified atom stereocenters. The van der Waals surface area contributed by atoms with Gasteiger partial charge in [-0.25, -0.2) is 0 Å². The second-order valence-electron chi connectivity index (χ2n) is 5.87. The first kappa shape index (κ1) is 21.1. The van der Waals surface area contributed by atoms with Crippen molar-refractivity contribution in [2.24, 2.45) is 0 Å². The Balaban J connectivity index is 1.87. The van der Waals surface area contributed by atoms with E-state index in [-0.39, 0.29) is 22.1 Å². The number of rotatable bonds is 3. The Labute approximate surface area is 171 Å². The molecule has 3 rings (SSSR count). The topological polar surface area (TPSA) is 24.1 Å². The van der Waals surface area contributed by atoms with Gasteiger partial charge in [0.1, 0.15) is 4.88 Å². The highest BCUT2D eigenvalue weighted by atomic mass is 32.1. The van der Waals surface area contributed by atoms with E-state index >= 15 is 0 Å². The van der Waals surface area contributed by atoms with E-state index in [0.29, 0.717) is 16.9 Å². The number of nitrogens with one attached hydrogen (secondary N) is 2. The molecule has 0 aliphatic heterocycles. The van der Waals surface area contributed by atoms with Gasteiger partial charge in [0.05, 0.1) is 11.3 Å². The summed E-state index contributed by atoms with van der Waals surface area (Å²) in [6.07, 6.45) is -9.09. The molecular formula is C19H12F6N2S2. The van der Waals surface area contributed by atoms with Crippen molar-refractivity contribution in [3.05, 3.63) is 70.4 Å². The van der Waals surface area contributed by atoms with Gasteiger partial charge in [-0.2, -0.15) is 26.3 Å². The van der Waals surface area contributed by atoms with E-state index in [4.69, 9.17) is 12.2 Å². The van der Waals surface area contributed by atoms with Crippen LogP contribution >= 0.6 is 23.6 Å². The lowest BCUT2D eigenvalue weighted by Gasteiger charge is -2.14. The molecule has 2 nitrogen and oxygen atoms in total. The van der Waals surface area contributed by atoms with Gasteiger partial charge >= 0.3 is 12.4 Å². The van der Waals surface area contributed by atoms with E-state index in [9.17, 15) is 26.3 Å². The van der Waals surface area contributed by atoms with Crippen LogP contribution in [0.5, 0.6) is 0 Å². The number of thiophene rings is 1. The van der Waals surface area contributed by atoms with Gasteiger partial charge in [-0.15, -0.1) is 11.3 Å². The van der Waals surface area contributed by atoms with Gasteiger partial charge in [-0.1, -0.05) is 36.4 Å². The highest BCUT2D eigenvalue weighted by Crippen LogP contribution is 2.45. The fraction of sp³-hybridized carbons (Fsp3) is 0.105. The Morgan fingerprint density at radius 3 is 2.14 bits per heavy atom. The molecule has 0 spiro atoms. The number of alkyl halides is 6. The summed E-state index contributed by atoms with van der Waals surface area (Å²) in [6, 6.07) is 12.3. The smallest absolute Gasteiger partial charge is 0.332 e. The lowest BCUT2D eigenvalue weighted by atomic mass is 10.0. The third kappa shape index (κ3) is 5.07. The fourth-order valence-electron chi connectivity index (χ4n) is 2.61. The molecular weight excluding hydrogens is 434 g/mol. The highest BCUT2D eigenvalue weighted by Gasteiger charge is 2.37. The number of thiocarbonyl (C=S) groups is 1. The first-order valence-corrected chi connectivity index (χ1v) is 9.34. The Morgan fingerprint density at radius 1 is 0.828 bits per heavy atom. The van der Waals surface area contributed by atoms with E-state index in [1.807, 2.05) is 0 Å². The van der Waals surface area contributed by atoms with Crippen molar-refractivity contribution in [2.75, 3.05) is 10.6 Å². The third-order valence-electron chi connectivity index (χ3n) is 3.81. The summed E-state index contributed by atoms with van der Waals surface area (Å²) in [6.45, 7) is 0. The number of anilines is 2. The molecule has 0 bridgehead atoms. The summed E-state index contributed by atoms with van der Waals surface area (Å²) in [7, 11) is 0. The van der Waals surface area contributed by atoms with Crippen molar-refractivity contribution < 1.29 is 26.3 Å². The number of halogens is 6. The van der Waals surface area contributed by atoms with Gasteiger partial charge in [0.2, 0.25) is 0 Å². The Hall–Kier alpha value is -2.59. The Morgan fingerprint density at radius 2 is 1.52 bits per heavy atom. The fourth-order valence-corrected chi connectivity index (χ4v) is 3.73. The molecule has 152 valence electrons. The highest BCUT2D eigenvalue weighted by molar-refractivity contribution is 7.80. The number of hydrogen-bond acceptors (Lipinski definition) is 2. The molecule has 0 fully saturated rings. The predicted molar refractivity (Wildman–Crippen MR) is 106 cm³/mol. The van der Waals surface area contributed by atoms with Crippen LogP contribution in [-0.4, -0.2) is 5.11 Å². The molecule has 3 aromatic rings. The summed E-state index contributed by atoms with van der Waals surface area (Å²) >= 11 is 5.60. The van der Waals surface area contributed by atoms with Crippen molar-refractivity contribution in [3.63, 3.8) is 0 Å². The van der Waals surface area contributed by atoms with Crippen molar-refractivity contribution in [2.45, 2.75) is 12.4 Å². The summed E-state index contributed by atoms with van der Waals surface area (Å²) in [5.41, 5.74) is -0.435. The van der Waals surface area contributed by atoms with Crippen LogP contribution in [0.4, 0.5) is 37.7 Å². The summed E-state index contributed by atoms with van der Waals surface area (Å²) < 4.78 is 78.7. The molecule has 1 aromatic heterocycles. The van der Waals surface area contributed by atoms with Gasteiger partial charge in [0.25, 0.3) is 0 Å². The zero-order valence-corrected chi connectivity index (χ0v) is 16.0. The van der Waals surface area contributed by atoms with Gasteiger partial charge in [-0.3, -0.25) is 0 Å². The maximum absolute atomic E-state index is 13.4. The SMILES string of the molecule is FC(F)(F)c1cccc(NC(=S)Nc2csc(C(F)(F)F)c2-c2ccccc2)c1. The first-order valence-electron chi connectivity index (χ1n) is 8.05. The average molecular weight is 446 g/mol. The van der Waals surface area contributed by atoms with Crippen LogP contribution in [-0.2, 0) is 12.4 Å². The van der Waals surface area contributed by atoms with E-state index in [1.165, 1.54) is 29.6 Å². The summed E-state index contributed by atoms with van der Waals surface area (Å²) in [5.74, 6) is 0. The zero-order valence-electron chi connectivity index (χ0n) is 14.4. The van der Waals surface area contributed by atoms with Crippen LogP contribution in [0.2, 0.25) is 0 Å². The molecule has 0 aliphatic carbocycles. The van der Waals surface area contributed by atoms with Gasteiger partial charge in [0.15, 0.2) is 5.11 Å². The molecule has 2 N–H and O–H groups in total. The molecule has 0 amide bonds. The van der Waals surface area contributed by atoms with Crippen LogP contribution in [0.15, 0.2) is 60.0 Å². The van der Waals surface area contributed by atoms with Crippen molar-refractivity contribution in [3.8, 4) is 11.1 Å². The van der Waals surface area contributed by atoms with Crippen molar-refractivity contribution in [1.29, 1.82) is 0 Å². The lowest BCUT2D eigenvalue weighted by Crippen LogP contribution is -2.19. The molecule has 0 saturated carbocycles. The summed E-state index contributed by atoms with van der Waals surface area (Å²) in [5, 5.41) is 6.37. The minimum absolute atomic E-state index is 0.0601. The number of benzene rings is 2. The van der Waals surface area contributed by atoms with Gasteiger partial charge < -0.3 is 10.6 Å². The maximum atomic E-state index is 13.4. The Kier molecular flexibility index (Phi) is 5.85. The zero-order chi connectivity index (χ0) is 21.2. The molecule has 0 atom stereocenters. The minimum atomic E-state index is -4.56. The number of hydrogen-bond donors (Lipinski definition) is 2. The van der Waals surface area contributed by atoms with E-state index in [1.54, 1.807) is 18.2 Å². The predicted octanol–water partition coefficient (Wildman–Crippen LogP) is 7.26. The van der Waals surface area contributed by atoms with Gasteiger partial charge in [-0.05, 0) is 36.0 Å². The summed E-state index contributed by atoms with van der Waals surface area (Å²) in [4.78, 5) is -0.798. The first-order chi connectivity index (χ1) is 13.6. The van der Waals surface area contributed by atoms with Crippen LogP contribution in [0.1, 0.15) is 10.4 Å². The molecule has 1 heterocycles. The molecule has 29 heavy (non-hydrogen) atoms. The normalized spacial score (nSPS) is 11.9. The quantitative estimate of drug-likeness (QED) is 0.327. The van der Waals surface area contributed by atoms with E-state index < -0.39 is 22.8 Å². The van der Waals surface area contributed by atoms with Crippen molar-refractivity contribution in [1.82, 2.24) is 0 Å². The molecule has 0 radical (unpaired) electrons. The lowest BCUT2D eigenvalue weighted by molar-refractivity contribution is -0.137. The van der Waals surface area contributed by atoms with Crippen molar-refractivity contribution >= 4 is 40.0 Å². The standard InChI is InChI=1S/C19H12F6N2S2/c20-18(21,22)12-7-4-8-13(9-12)26-17(28)27-14-10-29-16(19(23,24)25)15(14)11-5-2-1-3-6-11/h1-10H,(H2,26,27,28). The monoisotopic (exact) mass is 446 g/mol. The van der Waals surface area contributed by atoms with Crippen LogP contribution in [0.3, 0.4) is 0 Å². The second-order valence-corrected chi connectivity index (χ2v) is 7.16. The average Bonchev–Trinajstić information content (AvgIpc) is 3.05. The minimum Gasteiger partial charge on any atom is -0.332 e. The van der Waals surface area contributed by atoms with Gasteiger partial charge in [0, 0.05) is 16.6 Å². The van der Waals surface area contributed by atoms with E-state index in [0.717, 1.165) is 12.1 Å². The molecule has 2 aromatic carbocycles. The van der Waals surface area contributed by atoms with E-state index in [2.05, 4.69) is 10.6 Å².